The van der Waals surface area contributed by atoms with Gasteiger partial charge in [-0.1, -0.05) is 45.4 Å². The third-order valence-corrected chi connectivity index (χ3v) is 7.41. The van der Waals surface area contributed by atoms with Crippen molar-refractivity contribution < 1.29 is 14.3 Å². The van der Waals surface area contributed by atoms with Gasteiger partial charge >= 0.3 is 0 Å². The third kappa shape index (κ3) is 4.31. The standard InChI is InChI=1S/C28H25BrN4O3/c1-18-12-20(29)7-8-24(18)33-15-21(30-31-33)10-11-28(35)16-32(17-28)27(34)14-19-6-9-26-23(13-19)22-4-2-3-5-25(22)36-26/h2-9,12-13,15,35H,10-11,14,16-17H2,1H3. The summed E-state index contributed by atoms with van der Waals surface area (Å²) in [5, 5.41) is 21.5. The van der Waals surface area contributed by atoms with Gasteiger partial charge in [-0.3, -0.25) is 4.79 Å². The lowest BCUT2D eigenvalue weighted by molar-refractivity contribution is -0.155. The van der Waals surface area contributed by atoms with Gasteiger partial charge in [0.1, 0.15) is 16.8 Å². The molecule has 0 radical (unpaired) electrons. The minimum Gasteiger partial charge on any atom is -0.456 e. The van der Waals surface area contributed by atoms with Gasteiger partial charge < -0.3 is 14.4 Å². The van der Waals surface area contributed by atoms with Crippen LogP contribution in [0.5, 0.6) is 0 Å². The van der Waals surface area contributed by atoms with E-state index in [1.165, 1.54) is 0 Å². The summed E-state index contributed by atoms with van der Waals surface area (Å²) in [6.45, 7) is 2.70. The van der Waals surface area contributed by atoms with Gasteiger partial charge in [0.05, 0.1) is 37.1 Å². The van der Waals surface area contributed by atoms with Gasteiger partial charge in [-0.2, -0.15) is 0 Å². The van der Waals surface area contributed by atoms with E-state index in [0.29, 0.717) is 32.4 Å². The summed E-state index contributed by atoms with van der Waals surface area (Å²) in [5.41, 5.74) is 4.59. The summed E-state index contributed by atoms with van der Waals surface area (Å²) in [5.74, 6) is 0.0171. The molecule has 0 atom stereocenters. The Labute approximate surface area is 216 Å². The predicted molar refractivity (Wildman–Crippen MR) is 141 cm³/mol. The van der Waals surface area contributed by atoms with Gasteiger partial charge in [0, 0.05) is 15.2 Å². The molecular formula is C28H25BrN4O3. The van der Waals surface area contributed by atoms with Crippen LogP contribution in [-0.4, -0.2) is 49.6 Å². The number of benzene rings is 3. The third-order valence-electron chi connectivity index (χ3n) is 6.91. The molecular weight excluding hydrogens is 520 g/mol. The number of furan rings is 1. The Bertz CT molecular complexity index is 1600. The number of nitrogens with zero attached hydrogens (tertiary/aromatic N) is 4. The van der Waals surface area contributed by atoms with E-state index in [9.17, 15) is 9.90 Å². The first-order chi connectivity index (χ1) is 17.4. The number of para-hydroxylation sites is 1. The van der Waals surface area contributed by atoms with E-state index in [4.69, 9.17) is 4.42 Å². The highest BCUT2D eigenvalue weighted by Gasteiger charge is 2.43. The van der Waals surface area contributed by atoms with Gasteiger partial charge in [0.2, 0.25) is 5.91 Å². The average molecular weight is 545 g/mol. The lowest BCUT2D eigenvalue weighted by Crippen LogP contribution is -2.63. The lowest BCUT2D eigenvalue weighted by atomic mass is 9.88. The van der Waals surface area contributed by atoms with Crippen LogP contribution in [0, 0.1) is 6.92 Å². The van der Waals surface area contributed by atoms with Crippen molar-refractivity contribution in [3.8, 4) is 5.69 Å². The van der Waals surface area contributed by atoms with Crippen LogP contribution in [0.25, 0.3) is 27.6 Å². The number of carbonyl (C=O) groups excluding carboxylic acids is 1. The molecule has 2 aromatic heterocycles. The van der Waals surface area contributed by atoms with Crippen LogP contribution in [0.2, 0.25) is 0 Å². The molecule has 6 rings (SSSR count). The maximum absolute atomic E-state index is 12.9. The zero-order chi connectivity index (χ0) is 24.9. The van der Waals surface area contributed by atoms with Crippen molar-refractivity contribution in [3.05, 3.63) is 88.2 Å². The molecule has 0 aliphatic carbocycles. The van der Waals surface area contributed by atoms with Crippen LogP contribution in [-0.2, 0) is 17.6 Å². The average Bonchev–Trinajstić information content (AvgIpc) is 3.45. The summed E-state index contributed by atoms with van der Waals surface area (Å²) in [6, 6.07) is 19.8. The second-order valence-electron chi connectivity index (χ2n) is 9.66. The van der Waals surface area contributed by atoms with Gasteiger partial charge in [-0.05, 0) is 67.3 Å². The molecule has 1 aliphatic heterocycles. The van der Waals surface area contributed by atoms with E-state index in [1.807, 2.05) is 73.8 Å². The fraction of sp³-hybridized carbons (Fsp3) is 0.250. The zero-order valence-corrected chi connectivity index (χ0v) is 21.4. The van der Waals surface area contributed by atoms with Crippen molar-refractivity contribution in [1.82, 2.24) is 19.9 Å². The Hall–Kier alpha value is -3.49. The molecule has 1 amide bonds. The fourth-order valence-electron chi connectivity index (χ4n) is 4.94. The van der Waals surface area contributed by atoms with Gasteiger partial charge in [-0.25, -0.2) is 4.68 Å². The number of aryl methyl sites for hydroxylation is 2. The first-order valence-corrected chi connectivity index (χ1v) is 12.7. The Balaban J connectivity index is 1.06. The quantitative estimate of drug-likeness (QED) is 0.325. The molecule has 3 heterocycles. The summed E-state index contributed by atoms with van der Waals surface area (Å²) < 4.78 is 8.66. The van der Waals surface area contributed by atoms with E-state index in [1.54, 1.807) is 9.58 Å². The van der Waals surface area contributed by atoms with E-state index in [-0.39, 0.29) is 5.91 Å². The molecule has 7 nitrogen and oxygen atoms in total. The molecule has 1 N–H and O–H groups in total. The van der Waals surface area contributed by atoms with Crippen molar-refractivity contribution in [2.75, 3.05) is 13.1 Å². The van der Waals surface area contributed by atoms with E-state index in [2.05, 4.69) is 26.2 Å². The number of amides is 1. The first-order valence-electron chi connectivity index (χ1n) is 11.9. The van der Waals surface area contributed by atoms with Crippen LogP contribution in [0.1, 0.15) is 23.2 Å². The highest BCUT2D eigenvalue weighted by molar-refractivity contribution is 9.10. The Morgan fingerprint density at radius 2 is 1.89 bits per heavy atom. The van der Waals surface area contributed by atoms with Crippen LogP contribution < -0.4 is 0 Å². The molecule has 0 bridgehead atoms. The Kier molecular flexibility index (Phi) is 5.65. The van der Waals surface area contributed by atoms with Crippen LogP contribution in [0.4, 0.5) is 0 Å². The SMILES string of the molecule is Cc1cc(Br)ccc1-n1cc(CCC2(O)CN(C(=O)Cc3ccc4oc5ccccc5c4c3)C2)nn1. The molecule has 5 aromatic rings. The van der Waals surface area contributed by atoms with E-state index in [0.717, 1.165) is 48.9 Å². The van der Waals surface area contributed by atoms with Crippen molar-refractivity contribution in [3.63, 3.8) is 0 Å². The van der Waals surface area contributed by atoms with Gasteiger partial charge in [0.25, 0.3) is 0 Å². The van der Waals surface area contributed by atoms with Crippen LogP contribution >= 0.6 is 15.9 Å². The van der Waals surface area contributed by atoms with Gasteiger partial charge in [-0.15, -0.1) is 5.10 Å². The van der Waals surface area contributed by atoms with Crippen molar-refractivity contribution in [2.24, 2.45) is 0 Å². The molecule has 0 saturated carbocycles. The first kappa shape index (κ1) is 22.9. The summed E-state index contributed by atoms with van der Waals surface area (Å²) in [4.78, 5) is 14.6. The monoisotopic (exact) mass is 544 g/mol. The molecule has 36 heavy (non-hydrogen) atoms. The van der Waals surface area contributed by atoms with Crippen molar-refractivity contribution in [2.45, 2.75) is 31.8 Å². The number of carbonyl (C=O) groups is 1. The summed E-state index contributed by atoms with van der Waals surface area (Å²) in [7, 11) is 0. The molecule has 1 aliphatic rings. The maximum Gasteiger partial charge on any atom is 0.227 e. The molecule has 3 aromatic carbocycles. The molecule has 0 spiro atoms. The normalized spacial score (nSPS) is 14.9. The second-order valence-corrected chi connectivity index (χ2v) is 10.6. The minimum absolute atomic E-state index is 0.0171. The molecule has 0 unspecified atom stereocenters. The number of hydrogen-bond donors (Lipinski definition) is 1. The number of β-amino-alcohol motifs (C(OH)–C–C–N with tert-alkyl or cyclic N) is 1. The van der Waals surface area contributed by atoms with Crippen LogP contribution in [0.3, 0.4) is 0 Å². The Morgan fingerprint density at radius 3 is 2.72 bits per heavy atom. The molecule has 1 fully saturated rings. The topological polar surface area (TPSA) is 84.4 Å². The Morgan fingerprint density at radius 1 is 1.08 bits per heavy atom. The van der Waals surface area contributed by atoms with Crippen LogP contribution in [0.15, 0.2) is 75.8 Å². The summed E-state index contributed by atoms with van der Waals surface area (Å²) in [6.07, 6.45) is 3.32. The lowest BCUT2D eigenvalue weighted by Gasteiger charge is -2.46. The number of hydrogen-bond acceptors (Lipinski definition) is 5. The number of aliphatic hydroxyl groups is 1. The molecule has 182 valence electrons. The minimum atomic E-state index is -0.891. The smallest absolute Gasteiger partial charge is 0.227 e. The largest absolute Gasteiger partial charge is 0.456 e. The summed E-state index contributed by atoms with van der Waals surface area (Å²) >= 11 is 3.48. The fourth-order valence-corrected chi connectivity index (χ4v) is 5.41. The van der Waals surface area contributed by atoms with Gasteiger partial charge in [0.15, 0.2) is 0 Å². The highest BCUT2D eigenvalue weighted by atomic mass is 79.9. The highest BCUT2D eigenvalue weighted by Crippen LogP contribution is 2.31. The molecule has 8 heteroatoms. The number of halogens is 1. The second kappa shape index (κ2) is 8.87. The number of aromatic nitrogens is 3. The number of rotatable bonds is 6. The van der Waals surface area contributed by atoms with Crippen molar-refractivity contribution >= 4 is 43.8 Å². The maximum atomic E-state index is 12.9. The molecule has 1 saturated heterocycles. The van der Waals surface area contributed by atoms with Crippen molar-refractivity contribution in [1.29, 1.82) is 0 Å². The zero-order valence-electron chi connectivity index (χ0n) is 19.8. The van der Waals surface area contributed by atoms with E-state index >= 15 is 0 Å². The van der Waals surface area contributed by atoms with E-state index < -0.39 is 5.60 Å². The number of likely N-dealkylation sites (tertiary alicyclic amines) is 1. The number of fused-ring (bicyclic) bond motifs is 3. The predicted octanol–water partition coefficient (Wildman–Crippen LogP) is 4.99.